The quantitative estimate of drug-likeness (QED) is 0.818. The second-order valence-electron chi connectivity index (χ2n) is 4.51. The summed E-state index contributed by atoms with van der Waals surface area (Å²) < 4.78 is 5.24. The number of rotatable bonds is 5. The molecule has 0 saturated carbocycles. The monoisotopic (exact) mass is 270 g/mol. The summed E-state index contributed by atoms with van der Waals surface area (Å²) >= 11 is 0. The lowest BCUT2D eigenvalue weighted by Gasteiger charge is -2.09. The fraction of sp³-hybridized carbons (Fsp3) is 0.188. The molecule has 4 nitrogen and oxygen atoms in total. The number of nitrogens with one attached hydrogen (secondary N) is 1. The molecule has 104 valence electrons. The van der Waals surface area contributed by atoms with E-state index in [9.17, 15) is 4.79 Å². The molecule has 0 bridgehead atoms. The van der Waals surface area contributed by atoms with E-state index in [1.165, 1.54) is 0 Å². The van der Waals surface area contributed by atoms with E-state index >= 15 is 0 Å². The van der Waals surface area contributed by atoms with E-state index in [4.69, 9.17) is 10.5 Å². The molecule has 1 amide bonds. The molecule has 0 aliphatic rings. The van der Waals surface area contributed by atoms with Gasteiger partial charge in [-0.2, -0.15) is 0 Å². The summed E-state index contributed by atoms with van der Waals surface area (Å²) in [6, 6.07) is 14.9. The van der Waals surface area contributed by atoms with Crippen LogP contribution in [0.25, 0.3) is 0 Å². The first-order chi connectivity index (χ1) is 9.69. The molecule has 0 atom stereocenters. The number of benzene rings is 2. The molecule has 2 aromatic rings. The predicted molar refractivity (Wildman–Crippen MR) is 79.4 cm³/mol. The molecule has 0 aromatic heterocycles. The van der Waals surface area contributed by atoms with Gasteiger partial charge in [0.15, 0.2) is 0 Å². The number of methoxy groups -OCH3 is 1. The maximum Gasteiger partial charge on any atom is 0.224 e. The summed E-state index contributed by atoms with van der Waals surface area (Å²) in [5.74, 6) is 0.751. The lowest BCUT2D eigenvalue weighted by Crippen LogP contribution is -2.24. The Kier molecular flexibility index (Phi) is 4.60. The van der Waals surface area contributed by atoms with Crippen molar-refractivity contribution in [2.75, 3.05) is 12.8 Å². The first kappa shape index (κ1) is 13.9. The molecule has 2 rings (SSSR count). The number of hydrogen-bond donors (Lipinski definition) is 2. The third-order valence-corrected chi connectivity index (χ3v) is 3.01. The molecule has 0 fully saturated rings. The minimum Gasteiger partial charge on any atom is -0.496 e. The van der Waals surface area contributed by atoms with Crippen LogP contribution in [-0.4, -0.2) is 13.0 Å². The fourth-order valence-corrected chi connectivity index (χ4v) is 1.93. The van der Waals surface area contributed by atoms with Crippen molar-refractivity contribution in [3.63, 3.8) is 0 Å². The highest BCUT2D eigenvalue weighted by atomic mass is 16.5. The topological polar surface area (TPSA) is 64.3 Å². The highest BCUT2D eigenvalue weighted by Crippen LogP contribution is 2.16. The number of para-hydroxylation sites is 1. The van der Waals surface area contributed by atoms with Crippen LogP contribution < -0.4 is 15.8 Å². The van der Waals surface area contributed by atoms with E-state index in [0.29, 0.717) is 18.7 Å². The van der Waals surface area contributed by atoms with Gasteiger partial charge in [0.1, 0.15) is 5.75 Å². The van der Waals surface area contributed by atoms with Crippen LogP contribution in [0, 0.1) is 0 Å². The molecular weight excluding hydrogens is 252 g/mol. The second kappa shape index (κ2) is 6.61. The third-order valence-electron chi connectivity index (χ3n) is 3.01. The van der Waals surface area contributed by atoms with Crippen LogP contribution in [0.3, 0.4) is 0 Å². The van der Waals surface area contributed by atoms with Gasteiger partial charge in [-0.25, -0.2) is 0 Å². The summed E-state index contributed by atoms with van der Waals surface area (Å²) in [5, 5.41) is 2.89. The Morgan fingerprint density at radius 1 is 1.15 bits per heavy atom. The van der Waals surface area contributed by atoms with Gasteiger partial charge in [0.2, 0.25) is 5.91 Å². The molecule has 0 saturated heterocycles. The molecule has 0 heterocycles. The highest BCUT2D eigenvalue weighted by Gasteiger charge is 2.06. The molecule has 0 unspecified atom stereocenters. The smallest absolute Gasteiger partial charge is 0.224 e. The van der Waals surface area contributed by atoms with Crippen molar-refractivity contribution < 1.29 is 9.53 Å². The summed E-state index contributed by atoms with van der Waals surface area (Å²) in [6.07, 6.45) is 0.343. The van der Waals surface area contributed by atoms with Crippen LogP contribution in [-0.2, 0) is 17.8 Å². The van der Waals surface area contributed by atoms with Gasteiger partial charge in [-0.05, 0) is 23.8 Å². The largest absolute Gasteiger partial charge is 0.496 e. The molecule has 4 heteroatoms. The van der Waals surface area contributed by atoms with Crippen molar-refractivity contribution in [2.45, 2.75) is 13.0 Å². The van der Waals surface area contributed by atoms with Crippen molar-refractivity contribution in [3.8, 4) is 5.75 Å². The van der Waals surface area contributed by atoms with Gasteiger partial charge in [0.05, 0.1) is 13.5 Å². The number of carbonyl (C=O) groups is 1. The standard InChI is InChI=1S/C16H18N2O2/c1-20-15-5-3-2-4-13(15)11-18-16(19)10-12-6-8-14(17)9-7-12/h2-9H,10-11,17H2,1H3,(H,18,19). The summed E-state index contributed by atoms with van der Waals surface area (Å²) in [4.78, 5) is 11.9. The maximum absolute atomic E-state index is 11.9. The number of carbonyl (C=O) groups excluding carboxylic acids is 1. The Morgan fingerprint density at radius 2 is 1.85 bits per heavy atom. The number of ether oxygens (including phenoxy) is 1. The summed E-state index contributed by atoms with van der Waals surface area (Å²) in [6.45, 7) is 0.456. The van der Waals surface area contributed by atoms with Crippen molar-refractivity contribution in [1.82, 2.24) is 5.32 Å². The van der Waals surface area contributed by atoms with Gasteiger partial charge >= 0.3 is 0 Å². The number of hydrogen-bond acceptors (Lipinski definition) is 3. The van der Waals surface area contributed by atoms with E-state index in [1.807, 2.05) is 36.4 Å². The molecule has 20 heavy (non-hydrogen) atoms. The van der Waals surface area contributed by atoms with Crippen molar-refractivity contribution in [2.24, 2.45) is 0 Å². The minimum atomic E-state index is -0.0272. The lowest BCUT2D eigenvalue weighted by atomic mass is 10.1. The van der Waals surface area contributed by atoms with Crippen molar-refractivity contribution >= 4 is 11.6 Å². The van der Waals surface area contributed by atoms with Crippen LogP contribution in [0.2, 0.25) is 0 Å². The first-order valence-corrected chi connectivity index (χ1v) is 6.42. The maximum atomic E-state index is 11.9. The normalized spacial score (nSPS) is 10.1. The van der Waals surface area contributed by atoms with E-state index in [-0.39, 0.29) is 5.91 Å². The Labute approximate surface area is 118 Å². The average Bonchev–Trinajstić information content (AvgIpc) is 2.48. The average molecular weight is 270 g/mol. The van der Waals surface area contributed by atoms with Crippen molar-refractivity contribution in [3.05, 3.63) is 59.7 Å². The molecule has 3 N–H and O–H groups in total. The molecule has 0 spiro atoms. The zero-order chi connectivity index (χ0) is 14.4. The van der Waals surface area contributed by atoms with Gasteiger partial charge in [0.25, 0.3) is 0 Å². The van der Waals surface area contributed by atoms with Crippen molar-refractivity contribution in [1.29, 1.82) is 0 Å². The van der Waals surface area contributed by atoms with Gasteiger partial charge in [-0.15, -0.1) is 0 Å². The van der Waals surface area contributed by atoms with E-state index in [0.717, 1.165) is 16.9 Å². The molecular formula is C16H18N2O2. The fourth-order valence-electron chi connectivity index (χ4n) is 1.93. The number of nitrogens with two attached hydrogens (primary N) is 1. The van der Waals surface area contributed by atoms with Crippen LogP contribution >= 0.6 is 0 Å². The van der Waals surface area contributed by atoms with Crippen LogP contribution in [0.15, 0.2) is 48.5 Å². The van der Waals surface area contributed by atoms with Gasteiger partial charge in [0, 0.05) is 17.8 Å². The second-order valence-corrected chi connectivity index (χ2v) is 4.51. The SMILES string of the molecule is COc1ccccc1CNC(=O)Cc1ccc(N)cc1. The first-order valence-electron chi connectivity index (χ1n) is 6.42. The van der Waals surface area contributed by atoms with Crippen LogP contribution in [0.4, 0.5) is 5.69 Å². The zero-order valence-electron chi connectivity index (χ0n) is 11.4. The third kappa shape index (κ3) is 3.75. The van der Waals surface area contributed by atoms with Gasteiger partial charge in [-0.1, -0.05) is 30.3 Å². The van der Waals surface area contributed by atoms with E-state index in [1.54, 1.807) is 19.2 Å². The number of amides is 1. The molecule has 0 radical (unpaired) electrons. The predicted octanol–water partition coefficient (Wildman–Crippen LogP) is 2.14. The Balaban J connectivity index is 1.90. The lowest BCUT2D eigenvalue weighted by molar-refractivity contribution is -0.120. The Morgan fingerprint density at radius 3 is 2.55 bits per heavy atom. The minimum absolute atomic E-state index is 0.0272. The molecule has 0 aliphatic heterocycles. The van der Waals surface area contributed by atoms with Crippen LogP contribution in [0.5, 0.6) is 5.75 Å². The Bertz CT molecular complexity index is 579. The molecule has 0 aliphatic carbocycles. The van der Waals surface area contributed by atoms with Crippen LogP contribution in [0.1, 0.15) is 11.1 Å². The Hall–Kier alpha value is -2.49. The number of anilines is 1. The van der Waals surface area contributed by atoms with E-state index in [2.05, 4.69) is 5.32 Å². The van der Waals surface area contributed by atoms with Gasteiger partial charge < -0.3 is 15.8 Å². The highest BCUT2D eigenvalue weighted by molar-refractivity contribution is 5.78. The van der Waals surface area contributed by atoms with Gasteiger partial charge in [-0.3, -0.25) is 4.79 Å². The number of nitrogen functional groups attached to an aromatic ring is 1. The van der Waals surface area contributed by atoms with E-state index < -0.39 is 0 Å². The molecule has 2 aromatic carbocycles. The summed E-state index contributed by atoms with van der Waals surface area (Å²) in [7, 11) is 1.62. The summed E-state index contributed by atoms with van der Waals surface area (Å²) in [5.41, 5.74) is 8.21. The zero-order valence-corrected chi connectivity index (χ0v) is 11.4.